The molecular weight excluding hydrogens is 204 g/mol. The number of aliphatic hydroxyl groups excluding tert-OH is 1. The minimum Gasteiger partial charge on any atom is -0.394 e. The number of nitrogens with two attached hydrogens (primary N) is 1. The van der Waals surface area contributed by atoms with Crippen LogP contribution in [0.4, 0.5) is 0 Å². The zero-order valence-electron chi connectivity index (χ0n) is 10.2. The summed E-state index contributed by atoms with van der Waals surface area (Å²) < 4.78 is 0. The van der Waals surface area contributed by atoms with Crippen LogP contribution in [0.1, 0.15) is 39.0 Å². The van der Waals surface area contributed by atoms with E-state index in [1.807, 2.05) is 4.90 Å². The van der Waals surface area contributed by atoms with Crippen LogP contribution >= 0.6 is 0 Å². The van der Waals surface area contributed by atoms with Gasteiger partial charge in [-0.3, -0.25) is 4.79 Å². The van der Waals surface area contributed by atoms with Crippen molar-refractivity contribution in [1.82, 2.24) is 4.90 Å². The van der Waals surface area contributed by atoms with Crippen LogP contribution in [0.3, 0.4) is 0 Å². The van der Waals surface area contributed by atoms with E-state index in [4.69, 9.17) is 5.73 Å². The molecule has 1 rings (SSSR count). The Morgan fingerprint density at radius 3 is 2.81 bits per heavy atom. The van der Waals surface area contributed by atoms with Gasteiger partial charge in [0.15, 0.2) is 0 Å². The Kier molecular flexibility index (Phi) is 5.77. The topological polar surface area (TPSA) is 66.6 Å². The highest BCUT2D eigenvalue weighted by Crippen LogP contribution is 2.24. The fourth-order valence-corrected chi connectivity index (χ4v) is 2.34. The summed E-state index contributed by atoms with van der Waals surface area (Å²) in [5.74, 6) is 0.624. The highest BCUT2D eigenvalue weighted by atomic mass is 16.3. The molecule has 0 aromatic rings. The van der Waals surface area contributed by atoms with Crippen molar-refractivity contribution in [2.45, 2.75) is 45.1 Å². The minimum atomic E-state index is 0.0435. The fourth-order valence-electron chi connectivity index (χ4n) is 2.34. The molecule has 1 fully saturated rings. The molecule has 0 saturated carbocycles. The van der Waals surface area contributed by atoms with Gasteiger partial charge in [-0.1, -0.05) is 13.3 Å². The van der Waals surface area contributed by atoms with E-state index < -0.39 is 0 Å². The molecule has 3 N–H and O–H groups in total. The number of carbonyl (C=O) groups excluding carboxylic acids is 1. The number of likely N-dealkylation sites (tertiary alicyclic amines) is 1. The first kappa shape index (κ1) is 13.5. The van der Waals surface area contributed by atoms with Gasteiger partial charge in [0.05, 0.1) is 12.6 Å². The van der Waals surface area contributed by atoms with Crippen molar-refractivity contribution in [2.75, 3.05) is 19.7 Å². The normalized spacial score (nSPS) is 25.1. The molecule has 2 atom stereocenters. The Morgan fingerprint density at radius 1 is 1.44 bits per heavy atom. The lowest BCUT2D eigenvalue weighted by Crippen LogP contribution is -2.39. The summed E-state index contributed by atoms with van der Waals surface area (Å²) in [5, 5.41) is 9.25. The maximum atomic E-state index is 11.9. The second-order valence-electron chi connectivity index (χ2n) is 4.70. The quantitative estimate of drug-likeness (QED) is 0.659. The predicted molar refractivity (Wildman–Crippen MR) is 63.9 cm³/mol. The van der Waals surface area contributed by atoms with Gasteiger partial charge in [0.1, 0.15) is 0 Å². The average molecular weight is 228 g/mol. The molecule has 4 nitrogen and oxygen atoms in total. The highest BCUT2D eigenvalue weighted by Gasteiger charge is 2.33. The molecule has 1 aliphatic rings. The van der Waals surface area contributed by atoms with Gasteiger partial charge >= 0.3 is 0 Å². The van der Waals surface area contributed by atoms with Crippen LogP contribution in [0.25, 0.3) is 0 Å². The number of amides is 1. The van der Waals surface area contributed by atoms with Gasteiger partial charge in [-0.15, -0.1) is 0 Å². The number of carbonyl (C=O) groups is 1. The first-order valence-electron chi connectivity index (χ1n) is 6.31. The summed E-state index contributed by atoms with van der Waals surface area (Å²) in [4.78, 5) is 13.8. The van der Waals surface area contributed by atoms with Crippen LogP contribution in [0.15, 0.2) is 0 Å². The molecule has 0 radical (unpaired) electrons. The molecule has 4 heteroatoms. The zero-order chi connectivity index (χ0) is 12.0. The van der Waals surface area contributed by atoms with Crippen LogP contribution < -0.4 is 5.73 Å². The van der Waals surface area contributed by atoms with Crippen molar-refractivity contribution in [2.24, 2.45) is 11.7 Å². The number of aliphatic hydroxyl groups is 1. The monoisotopic (exact) mass is 228 g/mol. The van der Waals surface area contributed by atoms with E-state index in [0.717, 1.165) is 32.2 Å². The van der Waals surface area contributed by atoms with E-state index >= 15 is 0 Å². The Hall–Kier alpha value is -0.610. The first-order chi connectivity index (χ1) is 7.70. The van der Waals surface area contributed by atoms with Crippen molar-refractivity contribution in [1.29, 1.82) is 0 Å². The molecule has 2 unspecified atom stereocenters. The molecule has 1 saturated heterocycles. The second-order valence-corrected chi connectivity index (χ2v) is 4.70. The summed E-state index contributed by atoms with van der Waals surface area (Å²) in [6, 6.07) is 0.0435. The van der Waals surface area contributed by atoms with E-state index in [1.54, 1.807) is 0 Å². The Labute approximate surface area is 97.8 Å². The van der Waals surface area contributed by atoms with Gasteiger partial charge in [0.2, 0.25) is 5.91 Å². The average Bonchev–Trinajstić information content (AvgIpc) is 2.65. The number of nitrogens with zero attached hydrogens (tertiary/aromatic N) is 1. The smallest absolute Gasteiger partial charge is 0.222 e. The third kappa shape index (κ3) is 3.46. The lowest BCUT2D eigenvalue weighted by Gasteiger charge is -2.25. The number of hydrogen-bond acceptors (Lipinski definition) is 3. The van der Waals surface area contributed by atoms with E-state index in [-0.39, 0.29) is 18.6 Å². The summed E-state index contributed by atoms with van der Waals surface area (Å²) in [6.45, 7) is 3.70. The van der Waals surface area contributed by atoms with E-state index in [0.29, 0.717) is 18.9 Å². The summed E-state index contributed by atoms with van der Waals surface area (Å²) in [6.07, 6.45) is 4.55. The highest BCUT2D eigenvalue weighted by molar-refractivity contribution is 5.76. The number of unbranched alkanes of at least 4 members (excludes halogenated alkanes) is 2. The van der Waals surface area contributed by atoms with Crippen molar-refractivity contribution >= 4 is 5.91 Å². The maximum Gasteiger partial charge on any atom is 0.222 e. The van der Waals surface area contributed by atoms with Crippen LogP contribution in [-0.2, 0) is 4.79 Å². The zero-order valence-corrected chi connectivity index (χ0v) is 10.2. The third-order valence-electron chi connectivity index (χ3n) is 3.48. The molecule has 94 valence electrons. The first-order valence-corrected chi connectivity index (χ1v) is 6.31. The van der Waals surface area contributed by atoms with Crippen molar-refractivity contribution in [3.63, 3.8) is 0 Å². The maximum absolute atomic E-state index is 11.9. The molecule has 0 aromatic heterocycles. The van der Waals surface area contributed by atoms with Gasteiger partial charge in [0.25, 0.3) is 0 Å². The van der Waals surface area contributed by atoms with E-state index in [1.165, 1.54) is 0 Å². The van der Waals surface area contributed by atoms with E-state index in [9.17, 15) is 9.90 Å². The van der Waals surface area contributed by atoms with Crippen LogP contribution in [0.2, 0.25) is 0 Å². The summed E-state index contributed by atoms with van der Waals surface area (Å²) in [7, 11) is 0. The van der Waals surface area contributed by atoms with Crippen molar-refractivity contribution in [3.8, 4) is 0 Å². The Bertz CT molecular complexity index is 221. The van der Waals surface area contributed by atoms with Crippen LogP contribution in [0, 0.1) is 5.92 Å². The molecule has 0 aliphatic carbocycles. The van der Waals surface area contributed by atoms with Crippen molar-refractivity contribution < 1.29 is 9.90 Å². The molecule has 16 heavy (non-hydrogen) atoms. The van der Waals surface area contributed by atoms with Gasteiger partial charge < -0.3 is 15.7 Å². The largest absolute Gasteiger partial charge is 0.394 e. The second kappa shape index (κ2) is 6.86. The van der Waals surface area contributed by atoms with Crippen LogP contribution in [-0.4, -0.2) is 41.7 Å². The number of rotatable bonds is 6. The van der Waals surface area contributed by atoms with Crippen molar-refractivity contribution in [3.05, 3.63) is 0 Å². The Balaban J connectivity index is 2.30. The van der Waals surface area contributed by atoms with Gasteiger partial charge in [-0.2, -0.15) is 0 Å². The number of hydrogen-bond donors (Lipinski definition) is 2. The molecular formula is C12H24N2O2. The summed E-state index contributed by atoms with van der Waals surface area (Å²) >= 11 is 0. The molecule has 1 heterocycles. The lowest BCUT2D eigenvalue weighted by atomic mass is 10.0. The fraction of sp³-hybridized carbons (Fsp3) is 0.917. The predicted octanol–water partition coefficient (Wildman–Crippen LogP) is 0.735. The van der Waals surface area contributed by atoms with Gasteiger partial charge in [-0.05, 0) is 31.7 Å². The molecule has 0 aromatic carbocycles. The summed E-state index contributed by atoms with van der Waals surface area (Å²) in [5.41, 5.74) is 5.40. The van der Waals surface area contributed by atoms with Gasteiger partial charge in [0, 0.05) is 13.0 Å². The van der Waals surface area contributed by atoms with E-state index in [2.05, 4.69) is 6.92 Å². The third-order valence-corrected chi connectivity index (χ3v) is 3.48. The SMILES string of the molecule is CC1CCN(C(=O)CCCCCN)C1CO. The van der Waals surface area contributed by atoms with Gasteiger partial charge in [-0.25, -0.2) is 0 Å². The standard InChI is InChI=1S/C12H24N2O2/c1-10-6-8-14(11(10)9-15)12(16)5-3-2-4-7-13/h10-11,15H,2-9,13H2,1H3. The van der Waals surface area contributed by atoms with Crippen LogP contribution in [0.5, 0.6) is 0 Å². The lowest BCUT2D eigenvalue weighted by molar-refractivity contribution is -0.133. The molecule has 1 amide bonds. The Morgan fingerprint density at radius 2 is 2.19 bits per heavy atom. The molecule has 0 bridgehead atoms. The minimum absolute atomic E-state index is 0.0435. The molecule has 1 aliphatic heterocycles. The molecule has 0 spiro atoms.